The minimum Gasteiger partial charge on any atom is -0.343 e. The Bertz CT molecular complexity index is 460. The molecule has 1 N–H and O–H groups in total. The molecule has 3 atom stereocenters. The molecule has 1 fully saturated rings. The monoisotopic (exact) mass is 338 g/mol. The SMILES string of the molecule is CC(=O)N1CCC(NC(C)c2ccc(Br)cc2)C(C)C1. The summed E-state index contributed by atoms with van der Waals surface area (Å²) in [5.74, 6) is 0.682. The molecule has 0 bridgehead atoms. The van der Waals surface area contributed by atoms with Gasteiger partial charge in [-0.1, -0.05) is 35.0 Å². The number of amides is 1. The third-order valence-electron chi connectivity index (χ3n) is 4.18. The Labute approximate surface area is 129 Å². The Morgan fingerprint density at radius 3 is 2.60 bits per heavy atom. The molecule has 1 aliphatic rings. The van der Waals surface area contributed by atoms with Crippen molar-refractivity contribution >= 4 is 21.8 Å². The highest BCUT2D eigenvalue weighted by Gasteiger charge is 2.28. The fourth-order valence-electron chi connectivity index (χ4n) is 2.85. The van der Waals surface area contributed by atoms with Crippen LogP contribution < -0.4 is 5.32 Å². The molecule has 1 aromatic carbocycles. The molecule has 4 heteroatoms. The number of nitrogens with zero attached hydrogens (tertiary/aromatic N) is 1. The largest absolute Gasteiger partial charge is 0.343 e. The highest BCUT2D eigenvalue weighted by molar-refractivity contribution is 9.10. The zero-order chi connectivity index (χ0) is 14.7. The van der Waals surface area contributed by atoms with Crippen molar-refractivity contribution in [3.8, 4) is 0 Å². The van der Waals surface area contributed by atoms with Crippen molar-refractivity contribution in [1.82, 2.24) is 10.2 Å². The fourth-order valence-corrected chi connectivity index (χ4v) is 3.11. The summed E-state index contributed by atoms with van der Waals surface area (Å²) >= 11 is 3.46. The Kier molecular flexibility index (Phi) is 5.22. The van der Waals surface area contributed by atoms with E-state index < -0.39 is 0 Å². The number of rotatable bonds is 3. The van der Waals surface area contributed by atoms with E-state index >= 15 is 0 Å². The molecule has 1 amide bonds. The Balaban J connectivity index is 1.93. The lowest BCUT2D eigenvalue weighted by Crippen LogP contribution is -2.50. The molecule has 3 nitrogen and oxygen atoms in total. The molecular weight excluding hydrogens is 316 g/mol. The quantitative estimate of drug-likeness (QED) is 0.916. The number of hydrogen-bond acceptors (Lipinski definition) is 2. The first kappa shape index (κ1) is 15.5. The van der Waals surface area contributed by atoms with Crippen LogP contribution in [0.4, 0.5) is 0 Å². The predicted molar refractivity (Wildman–Crippen MR) is 85.5 cm³/mol. The van der Waals surface area contributed by atoms with Crippen LogP contribution in [-0.4, -0.2) is 29.9 Å². The lowest BCUT2D eigenvalue weighted by Gasteiger charge is -2.38. The molecule has 0 radical (unpaired) electrons. The van der Waals surface area contributed by atoms with Crippen LogP contribution >= 0.6 is 15.9 Å². The Morgan fingerprint density at radius 1 is 1.40 bits per heavy atom. The van der Waals surface area contributed by atoms with Crippen LogP contribution in [0.5, 0.6) is 0 Å². The first-order valence-corrected chi connectivity index (χ1v) is 8.03. The van der Waals surface area contributed by atoms with E-state index in [1.54, 1.807) is 6.92 Å². The van der Waals surface area contributed by atoms with Gasteiger partial charge >= 0.3 is 0 Å². The third-order valence-corrected chi connectivity index (χ3v) is 4.71. The second-order valence-corrected chi connectivity index (χ2v) is 6.69. The normalized spacial score (nSPS) is 24.5. The zero-order valence-electron chi connectivity index (χ0n) is 12.4. The fraction of sp³-hybridized carbons (Fsp3) is 0.562. The molecule has 20 heavy (non-hydrogen) atoms. The summed E-state index contributed by atoms with van der Waals surface area (Å²) in [7, 11) is 0. The minimum absolute atomic E-state index is 0.191. The smallest absolute Gasteiger partial charge is 0.219 e. The highest BCUT2D eigenvalue weighted by Crippen LogP contribution is 2.22. The van der Waals surface area contributed by atoms with Crippen molar-refractivity contribution in [2.75, 3.05) is 13.1 Å². The molecule has 2 rings (SSSR count). The van der Waals surface area contributed by atoms with E-state index in [1.165, 1.54) is 5.56 Å². The number of hydrogen-bond donors (Lipinski definition) is 1. The van der Waals surface area contributed by atoms with Gasteiger partial charge in [0.05, 0.1) is 0 Å². The number of benzene rings is 1. The van der Waals surface area contributed by atoms with E-state index in [0.717, 1.165) is 24.0 Å². The van der Waals surface area contributed by atoms with Gasteiger partial charge in [0.2, 0.25) is 5.91 Å². The van der Waals surface area contributed by atoms with Crippen molar-refractivity contribution in [3.63, 3.8) is 0 Å². The van der Waals surface area contributed by atoms with E-state index in [4.69, 9.17) is 0 Å². The van der Waals surface area contributed by atoms with E-state index in [0.29, 0.717) is 18.0 Å². The van der Waals surface area contributed by atoms with Crippen molar-refractivity contribution in [3.05, 3.63) is 34.3 Å². The Hall–Kier alpha value is -0.870. The summed E-state index contributed by atoms with van der Waals surface area (Å²) in [5, 5.41) is 3.71. The van der Waals surface area contributed by atoms with Crippen LogP contribution in [0, 0.1) is 5.92 Å². The second kappa shape index (κ2) is 6.72. The molecular formula is C16H23BrN2O. The topological polar surface area (TPSA) is 32.3 Å². The zero-order valence-corrected chi connectivity index (χ0v) is 14.0. The molecule has 0 saturated carbocycles. The van der Waals surface area contributed by atoms with E-state index in [1.807, 2.05) is 4.90 Å². The summed E-state index contributed by atoms with van der Waals surface area (Å²) in [6.45, 7) is 7.81. The maximum atomic E-state index is 11.4. The minimum atomic E-state index is 0.191. The van der Waals surface area contributed by atoms with Gasteiger partial charge in [0, 0.05) is 36.6 Å². The van der Waals surface area contributed by atoms with Crippen molar-refractivity contribution < 1.29 is 4.79 Å². The van der Waals surface area contributed by atoms with Crippen LogP contribution in [0.3, 0.4) is 0 Å². The summed E-state index contributed by atoms with van der Waals surface area (Å²) in [6, 6.07) is 9.27. The first-order chi connectivity index (χ1) is 9.47. The molecule has 0 spiro atoms. The number of piperidine rings is 1. The van der Waals surface area contributed by atoms with E-state index in [9.17, 15) is 4.79 Å². The van der Waals surface area contributed by atoms with Crippen molar-refractivity contribution in [2.24, 2.45) is 5.92 Å². The lowest BCUT2D eigenvalue weighted by atomic mass is 9.92. The second-order valence-electron chi connectivity index (χ2n) is 5.78. The molecule has 1 aromatic rings. The summed E-state index contributed by atoms with van der Waals surface area (Å²) in [5.41, 5.74) is 1.30. The standard InChI is InChI=1S/C16H23BrN2O/c1-11-10-19(13(3)20)9-8-16(11)18-12(2)14-4-6-15(17)7-5-14/h4-7,11-12,16,18H,8-10H2,1-3H3. The molecule has 1 aliphatic heterocycles. The highest BCUT2D eigenvalue weighted by atomic mass is 79.9. The van der Waals surface area contributed by atoms with Gasteiger partial charge in [0.25, 0.3) is 0 Å². The number of halogens is 1. The first-order valence-electron chi connectivity index (χ1n) is 7.24. The third kappa shape index (κ3) is 3.83. The van der Waals surface area contributed by atoms with Gasteiger partial charge in [-0.05, 0) is 37.0 Å². The summed E-state index contributed by atoms with van der Waals surface area (Å²) in [6.07, 6.45) is 1.03. The molecule has 110 valence electrons. The summed E-state index contributed by atoms with van der Waals surface area (Å²) < 4.78 is 1.11. The molecule has 1 saturated heterocycles. The van der Waals surface area contributed by atoms with Gasteiger partial charge in [0.15, 0.2) is 0 Å². The van der Waals surface area contributed by atoms with Crippen LogP contribution in [-0.2, 0) is 4.79 Å². The number of nitrogens with one attached hydrogen (secondary N) is 1. The molecule has 3 unspecified atom stereocenters. The van der Waals surface area contributed by atoms with Crippen LogP contribution in [0.25, 0.3) is 0 Å². The van der Waals surface area contributed by atoms with Gasteiger partial charge in [0.1, 0.15) is 0 Å². The van der Waals surface area contributed by atoms with Gasteiger partial charge < -0.3 is 10.2 Å². The van der Waals surface area contributed by atoms with Crippen molar-refractivity contribution in [1.29, 1.82) is 0 Å². The molecule has 0 aliphatic carbocycles. The Morgan fingerprint density at radius 2 is 2.05 bits per heavy atom. The van der Waals surface area contributed by atoms with Crippen LogP contribution in [0.15, 0.2) is 28.7 Å². The van der Waals surface area contributed by atoms with Crippen LogP contribution in [0.1, 0.15) is 38.8 Å². The average molecular weight is 339 g/mol. The van der Waals surface area contributed by atoms with Crippen molar-refractivity contribution in [2.45, 2.75) is 39.3 Å². The van der Waals surface area contributed by atoms with Gasteiger partial charge in [-0.25, -0.2) is 0 Å². The predicted octanol–water partition coefficient (Wildman–Crippen LogP) is 3.36. The molecule has 1 heterocycles. The maximum Gasteiger partial charge on any atom is 0.219 e. The molecule has 0 aromatic heterocycles. The average Bonchev–Trinajstić information content (AvgIpc) is 2.41. The van der Waals surface area contributed by atoms with E-state index in [-0.39, 0.29) is 5.91 Å². The number of carbonyl (C=O) groups is 1. The maximum absolute atomic E-state index is 11.4. The van der Waals surface area contributed by atoms with Gasteiger partial charge in [-0.15, -0.1) is 0 Å². The number of likely N-dealkylation sites (tertiary alicyclic amines) is 1. The number of carbonyl (C=O) groups excluding carboxylic acids is 1. The van der Waals surface area contributed by atoms with Crippen LogP contribution in [0.2, 0.25) is 0 Å². The lowest BCUT2D eigenvalue weighted by molar-refractivity contribution is -0.130. The van der Waals surface area contributed by atoms with Gasteiger partial charge in [-0.2, -0.15) is 0 Å². The van der Waals surface area contributed by atoms with Gasteiger partial charge in [-0.3, -0.25) is 4.79 Å². The van der Waals surface area contributed by atoms with E-state index in [2.05, 4.69) is 59.4 Å². The summed E-state index contributed by atoms with van der Waals surface area (Å²) in [4.78, 5) is 13.4.